The second-order valence-corrected chi connectivity index (χ2v) is 7.43. The van der Waals surface area contributed by atoms with Crippen LogP contribution in [-0.2, 0) is 7.05 Å². The number of anilines is 1. The lowest BCUT2D eigenvalue weighted by Gasteiger charge is -2.09. The number of hydrogen-bond acceptors (Lipinski definition) is 5. The Balaban J connectivity index is 1.75. The Bertz CT molecular complexity index is 1240. The van der Waals surface area contributed by atoms with Crippen molar-refractivity contribution in [2.75, 3.05) is 5.32 Å². The van der Waals surface area contributed by atoms with E-state index in [1.54, 1.807) is 35.2 Å². The Morgan fingerprint density at radius 1 is 1.15 bits per heavy atom. The summed E-state index contributed by atoms with van der Waals surface area (Å²) in [7, 11) is 1.72. The molecule has 0 aliphatic carbocycles. The molecule has 0 atom stereocenters. The molecule has 0 spiro atoms. The van der Waals surface area contributed by atoms with Crippen molar-refractivity contribution < 1.29 is 4.79 Å². The maximum absolute atomic E-state index is 12.7. The minimum Gasteiger partial charge on any atom is -0.320 e. The minimum absolute atomic E-state index is 0.119. The number of carbonyl (C=O) groups excluding carboxylic acids is 1. The van der Waals surface area contributed by atoms with Gasteiger partial charge in [-0.2, -0.15) is 5.10 Å². The number of hydrogen-bond donors (Lipinski definition) is 1. The standard InChI is InChI=1S/C19H16N4O2S/c1-10-4-7-15-13(8-10)18(24)17(22-23(15)3)19(25)21-12-5-6-14-16(9-12)26-11(2)20-14/h4-9H,1-3H3,(H,21,25). The van der Waals surface area contributed by atoms with Crippen LogP contribution in [0.15, 0.2) is 41.2 Å². The number of fused-ring (bicyclic) bond motifs is 2. The Kier molecular flexibility index (Phi) is 3.81. The molecule has 0 saturated carbocycles. The molecule has 0 saturated heterocycles. The van der Waals surface area contributed by atoms with Crippen molar-refractivity contribution >= 4 is 44.1 Å². The number of carbonyl (C=O) groups is 1. The van der Waals surface area contributed by atoms with Crippen LogP contribution in [0, 0.1) is 13.8 Å². The zero-order valence-corrected chi connectivity index (χ0v) is 15.3. The van der Waals surface area contributed by atoms with Crippen molar-refractivity contribution in [3.63, 3.8) is 0 Å². The topological polar surface area (TPSA) is 76.9 Å². The third-order valence-electron chi connectivity index (χ3n) is 4.18. The zero-order chi connectivity index (χ0) is 18.4. The van der Waals surface area contributed by atoms with E-state index in [1.807, 2.05) is 38.1 Å². The molecule has 26 heavy (non-hydrogen) atoms. The van der Waals surface area contributed by atoms with Crippen molar-refractivity contribution in [2.24, 2.45) is 7.05 Å². The van der Waals surface area contributed by atoms with E-state index in [1.165, 1.54) is 0 Å². The molecule has 2 aromatic heterocycles. The number of nitrogens with one attached hydrogen (secondary N) is 1. The molecule has 0 aliphatic heterocycles. The van der Waals surface area contributed by atoms with Crippen molar-refractivity contribution in [3.05, 3.63) is 62.9 Å². The molecule has 1 amide bonds. The summed E-state index contributed by atoms with van der Waals surface area (Å²) in [5, 5.41) is 8.40. The number of benzene rings is 2. The number of nitrogens with zero attached hydrogens (tertiary/aromatic N) is 3. The summed E-state index contributed by atoms with van der Waals surface area (Å²) < 4.78 is 2.54. The van der Waals surface area contributed by atoms with Crippen LogP contribution in [0.2, 0.25) is 0 Å². The van der Waals surface area contributed by atoms with Crippen molar-refractivity contribution in [1.29, 1.82) is 0 Å². The third-order valence-corrected chi connectivity index (χ3v) is 5.11. The Hall–Kier alpha value is -3.06. The summed E-state index contributed by atoms with van der Waals surface area (Å²) in [4.78, 5) is 29.8. The Morgan fingerprint density at radius 3 is 2.77 bits per heavy atom. The third kappa shape index (κ3) is 2.76. The van der Waals surface area contributed by atoms with Gasteiger partial charge in [-0.05, 0) is 44.2 Å². The molecule has 130 valence electrons. The lowest BCUT2D eigenvalue weighted by molar-refractivity contribution is 0.101. The van der Waals surface area contributed by atoms with Crippen LogP contribution in [0.5, 0.6) is 0 Å². The summed E-state index contributed by atoms with van der Waals surface area (Å²) in [6, 6.07) is 11.0. The molecule has 0 unspecified atom stereocenters. The van der Waals surface area contributed by atoms with Gasteiger partial charge in [-0.1, -0.05) is 11.6 Å². The number of amides is 1. The van der Waals surface area contributed by atoms with Gasteiger partial charge in [0.25, 0.3) is 5.91 Å². The largest absolute Gasteiger partial charge is 0.320 e. The first-order chi connectivity index (χ1) is 12.4. The molecule has 4 aromatic rings. The van der Waals surface area contributed by atoms with E-state index < -0.39 is 5.91 Å². The Morgan fingerprint density at radius 2 is 1.96 bits per heavy atom. The van der Waals surface area contributed by atoms with Crippen LogP contribution < -0.4 is 10.7 Å². The SMILES string of the molecule is Cc1ccc2c(c1)c(=O)c(C(=O)Nc1ccc3nc(C)sc3c1)nn2C. The number of aromatic nitrogens is 3. The first-order valence-corrected chi connectivity index (χ1v) is 8.90. The van der Waals surface area contributed by atoms with Crippen LogP contribution >= 0.6 is 11.3 Å². The molecule has 7 heteroatoms. The molecule has 1 N–H and O–H groups in total. The zero-order valence-electron chi connectivity index (χ0n) is 14.5. The van der Waals surface area contributed by atoms with E-state index in [0.29, 0.717) is 16.6 Å². The summed E-state index contributed by atoms with van der Waals surface area (Å²) >= 11 is 1.55. The van der Waals surface area contributed by atoms with Gasteiger partial charge >= 0.3 is 0 Å². The highest BCUT2D eigenvalue weighted by atomic mass is 32.1. The number of rotatable bonds is 2. The predicted molar refractivity (Wildman–Crippen MR) is 104 cm³/mol. The van der Waals surface area contributed by atoms with E-state index in [-0.39, 0.29) is 11.1 Å². The van der Waals surface area contributed by atoms with Gasteiger partial charge in [0.05, 0.1) is 26.1 Å². The van der Waals surface area contributed by atoms with Gasteiger partial charge in [0.15, 0.2) is 5.69 Å². The Labute approximate surface area is 153 Å². The van der Waals surface area contributed by atoms with E-state index >= 15 is 0 Å². The van der Waals surface area contributed by atoms with E-state index in [4.69, 9.17) is 0 Å². The molecular weight excluding hydrogens is 348 g/mol. The highest BCUT2D eigenvalue weighted by Crippen LogP contribution is 2.25. The molecular formula is C19H16N4O2S. The van der Waals surface area contributed by atoms with Gasteiger partial charge in [0, 0.05) is 12.7 Å². The fourth-order valence-corrected chi connectivity index (χ4v) is 3.81. The molecule has 4 rings (SSSR count). The maximum Gasteiger partial charge on any atom is 0.280 e. The first-order valence-electron chi connectivity index (χ1n) is 8.08. The lowest BCUT2D eigenvalue weighted by Crippen LogP contribution is -2.26. The van der Waals surface area contributed by atoms with Gasteiger partial charge in [-0.15, -0.1) is 11.3 Å². The maximum atomic E-state index is 12.7. The van der Waals surface area contributed by atoms with Gasteiger partial charge in [0.2, 0.25) is 5.43 Å². The average Bonchev–Trinajstić information content (AvgIpc) is 2.97. The molecule has 2 heterocycles. The second kappa shape index (κ2) is 6.03. The fourth-order valence-electron chi connectivity index (χ4n) is 2.95. The smallest absolute Gasteiger partial charge is 0.280 e. The summed E-state index contributed by atoms with van der Waals surface area (Å²) in [5.41, 5.74) is 2.66. The van der Waals surface area contributed by atoms with Gasteiger partial charge < -0.3 is 5.32 Å². The molecule has 6 nitrogen and oxygen atoms in total. The van der Waals surface area contributed by atoms with E-state index in [0.717, 1.165) is 20.8 Å². The molecule has 0 aliphatic rings. The summed E-state index contributed by atoms with van der Waals surface area (Å²) in [5.74, 6) is -0.519. The molecule has 2 aromatic carbocycles. The predicted octanol–water partition coefficient (Wildman–Crippen LogP) is 3.41. The number of thiazole rings is 1. The highest BCUT2D eigenvalue weighted by Gasteiger charge is 2.17. The van der Waals surface area contributed by atoms with E-state index in [9.17, 15) is 9.59 Å². The minimum atomic E-state index is -0.519. The fraction of sp³-hybridized carbons (Fsp3) is 0.158. The number of aryl methyl sites for hydroxylation is 3. The van der Waals surface area contributed by atoms with Crippen molar-refractivity contribution in [1.82, 2.24) is 14.8 Å². The van der Waals surface area contributed by atoms with Gasteiger partial charge in [0.1, 0.15) is 0 Å². The molecule has 0 radical (unpaired) electrons. The van der Waals surface area contributed by atoms with Crippen molar-refractivity contribution in [3.8, 4) is 0 Å². The van der Waals surface area contributed by atoms with Crippen LogP contribution in [0.1, 0.15) is 21.1 Å². The quantitative estimate of drug-likeness (QED) is 0.591. The molecule has 0 bridgehead atoms. The van der Waals surface area contributed by atoms with Crippen LogP contribution in [-0.4, -0.2) is 20.7 Å². The van der Waals surface area contributed by atoms with Crippen molar-refractivity contribution in [2.45, 2.75) is 13.8 Å². The highest BCUT2D eigenvalue weighted by molar-refractivity contribution is 7.18. The van der Waals surface area contributed by atoms with E-state index in [2.05, 4.69) is 15.4 Å². The van der Waals surface area contributed by atoms with Crippen LogP contribution in [0.4, 0.5) is 5.69 Å². The normalized spacial score (nSPS) is 11.2. The second-order valence-electron chi connectivity index (χ2n) is 6.19. The average molecular weight is 364 g/mol. The van der Waals surface area contributed by atoms with Gasteiger partial charge in [-0.25, -0.2) is 4.98 Å². The summed E-state index contributed by atoms with van der Waals surface area (Å²) in [6.45, 7) is 3.85. The van der Waals surface area contributed by atoms with Crippen LogP contribution in [0.25, 0.3) is 21.1 Å². The first kappa shape index (κ1) is 16.4. The summed E-state index contributed by atoms with van der Waals surface area (Å²) in [6.07, 6.45) is 0. The van der Waals surface area contributed by atoms with Crippen LogP contribution in [0.3, 0.4) is 0 Å². The molecule has 0 fully saturated rings. The monoisotopic (exact) mass is 364 g/mol. The van der Waals surface area contributed by atoms with Gasteiger partial charge in [-0.3, -0.25) is 14.3 Å². The lowest BCUT2D eigenvalue weighted by atomic mass is 10.1.